The molecule has 1 heterocycles. The summed E-state index contributed by atoms with van der Waals surface area (Å²) >= 11 is 6.16. The maximum Gasteiger partial charge on any atom is 0.254 e. The van der Waals surface area contributed by atoms with Crippen LogP contribution in [0.4, 0.5) is 4.39 Å². The standard InChI is InChI=1S/C20H22ClFN2O4S/c1-2-23(14-15-4-3-5-17(22)12-15)20(25)16-6-7-18(21)19(13-16)29(26,27)24-8-10-28-11-9-24/h3-7,12-13H,2,8-11,14H2,1H3. The van der Waals surface area contributed by atoms with Gasteiger partial charge in [-0.1, -0.05) is 23.7 Å². The smallest absolute Gasteiger partial charge is 0.254 e. The Morgan fingerprint density at radius 1 is 1.21 bits per heavy atom. The lowest BCUT2D eigenvalue weighted by atomic mass is 10.1. The third-order valence-electron chi connectivity index (χ3n) is 4.70. The largest absolute Gasteiger partial charge is 0.379 e. The maximum atomic E-state index is 13.5. The molecule has 1 fully saturated rings. The second-order valence-electron chi connectivity index (χ2n) is 6.61. The Labute approximate surface area is 174 Å². The number of carbonyl (C=O) groups is 1. The predicted octanol–water partition coefficient (Wildman–Crippen LogP) is 3.16. The monoisotopic (exact) mass is 440 g/mol. The Morgan fingerprint density at radius 3 is 2.59 bits per heavy atom. The van der Waals surface area contributed by atoms with Crippen molar-refractivity contribution in [3.05, 3.63) is 64.4 Å². The first kappa shape index (κ1) is 21.7. The van der Waals surface area contributed by atoms with E-state index in [4.69, 9.17) is 16.3 Å². The topological polar surface area (TPSA) is 66.9 Å². The summed E-state index contributed by atoms with van der Waals surface area (Å²) in [5, 5.41) is 0.0567. The van der Waals surface area contributed by atoms with Crippen molar-refractivity contribution in [2.24, 2.45) is 0 Å². The summed E-state index contributed by atoms with van der Waals surface area (Å²) in [6.45, 7) is 3.48. The van der Waals surface area contributed by atoms with Crippen LogP contribution in [0.25, 0.3) is 0 Å². The number of halogens is 2. The molecule has 1 saturated heterocycles. The van der Waals surface area contributed by atoms with Crippen molar-refractivity contribution in [1.29, 1.82) is 0 Å². The summed E-state index contributed by atoms with van der Waals surface area (Å²) in [4.78, 5) is 14.4. The van der Waals surface area contributed by atoms with Gasteiger partial charge < -0.3 is 9.64 Å². The Hall–Kier alpha value is -2.00. The average molecular weight is 441 g/mol. The van der Waals surface area contributed by atoms with Crippen LogP contribution in [0.15, 0.2) is 47.4 Å². The zero-order valence-electron chi connectivity index (χ0n) is 16.0. The van der Waals surface area contributed by atoms with E-state index in [2.05, 4.69) is 0 Å². The van der Waals surface area contributed by atoms with E-state index < -0.39 is 10.0 Å². The van der Waals surface area contributed by atoms with Gasteiger partial charge in [-0.15, -0.1) is 0 Å². The molecule has 1 aliphatic heterocycles. The number of morpholine rings is 1. The van der Waals surface area contributed by atoms with Gasteiger partial charge in [0.15, 0.2) is 0 Å². The van der Waals surface area contributed by atoms with Crippen LogP contribution in [0.2, 0.25) is 5.02 Å². The Balaban J connectivity index is 1.88. The van der Waals surface area contributed by atoms with Crippen molar-refractivity contribution in [1.82, 2.24) is 9.21 Å². The molecule has 0 atom stereocenters. The third kappa shape index (κ3) is 4.95. The quantitative estimate of drug-likeness (QED) is 0.692. The zero-order chi connectivity index (χ0) is 21.0. The van der Waals surface area contributed by atoms with Gasteiger partial charge in [0.2, 0.25) is 10.0 Å². The molecule has 1 amide bonds. The number of rotatable bonds is 6. The summed E-state index contributed by atoms with van der Waals surface area (Å²) in [6.07, 6.45) is 0. The van der Waals surface area contributed by atoms with Crippen LogP contribution >= 0.6 is 11.6 Å². The number of ether oxygens (including phenoxy) is 1. The van der Waals surface area contributed by atoms with Gasteiger partial charge in [0, 0.05) is 31.7 Å². The van der Waals surface area contributed by atoms with Crippen LogP contribution < -0.4 is 0 Å². The van der Waals surface area contributed by atoms with Crippen molar-refractivity contribution in [2.75, 3.05) is 32.8 Å². The first-order chi connectivity index (χ1) is 13.8. The van der Waals surface area contributed by atoms with Crippen LogP contribution in [0.5, 0.6) is 0 Å². The molecule has 0 bridgehead atoms. The number of hydrogen-bond acceptors (Lipinski definition) is 4. The van der Waals surface area contributed by atoms with Crippen molar-refractivity contribution < 1.29 is 22.3 Å². The molecule has 156 valence electrons. The van der Waals surface area contributed by atoms with Crippen molar-refractivity contribution in [2.45, 2.75) is 18.4 Å². The minimum Gasteiger partial charge on any atom is -0.379 e. The van der Waals surface area contributed by atoms with Gasteiger partial charge in [-0.25, -0.2) is 12.8 Å². The molecular weight excluding hydrogens is 419 g/mol. The van der Waals surface area contributed by atoms with Crippen LogP contribution in [-0.4, -0.2) is 56.4 Å². The van der Waals surface area contributed by atoms with Crippen molar-refractivity contribution >= 4 is 27.5 Å². The van der Waals surface area contributed by atoms with E-state index in [0.29, 0.717) is 25.3 Å². The highest BCUT2D eigenvalue weighted by atomic mass is 35.5. The predicted molar refractivity (Wildman–Crippen MR) is 108 cm³/mol. The molecular formula is C20H22ClFN2O4S. The minimum atomic E-state index is -3.84. The molecule has 0 radical (unpaired) electrons. The van der Waals surface area contributed by atoms with E-state index >= 15 is 0 Å². The van der Waals surface area contributed by atoms with Gasteiger partial charge in [-0.2, -0.15) is 4.31 Å². The Morgan fingerprint density at radius 2 is 1.93 bits per heavy atom. The van der Waals surface area contributed by atoms with Crippen LogP contribution in [0.3, 0.4) is 0 Å². The lowest BCUT2D eigenvalue weighted by Gasteiger charge is -2.27. The molecule has 2 aromatic rings. The summed E-state index contributed by atoms with van der Waals surface area (Å²) in [6, 6.07) is 10.2. The van der Waals surface area contributed by atoms with Gasteiger partial charge in [0.25, 0.3) is 5.91 Å². The third-order valence-corrected chi connectivity index (χ3v) is 7.08. The molecule has 2 aromatic carbocycles. The second kappa shape index (κ2) is 9.21. The molecule has 29 heavy (non-hydrogen) atoms. The maximum absolute atomic E-state index is 13.5. The number of hydrogen-bond donors (Lipinski definition) is 0. The highest BCUT2D eigenvalue weighted by molar-refractivity contribution is 7.89. The molecule has 0 unspecified atom stereocenters. The van der Waals surface area contributed by atoms with E-state index in [1.165, 1.54) is 39.5 Å². The van der Waals surface area contributed by atoms with E-state index in [9.17, 15) is 17.6 Å². The molecule has 0 saturated carbocycles. The minimum absolute atomic E-state index is 0.0567. The van der Waals surface area contributed by atoms with Gasteiger partial charge in [-0.3, -0.25) is 4.79 Å². The Bertz CT molecular complexity index is 994. The summed E-state index contributed by atoms with van der Waals surface area (Å²) in [5.74, 6) is -0.733. The molecule has 3 rings (SSSR count). The highest BCUT2D eigenvalue weighted by Gasteiger charge is 2.29. The fraction of sp³-hybridized carbons (Fsp3) is 0.350. The summed E-state index contributed by atoms with van der Waals surface area (Å²) in [5.41, 5.74) is 0.856. The molecule has 9 heteroatoms. The van der Waals surface area contributed by atoms with Crippen LogP contribution in [0.1, 0.15) is 22.8 Å². The van der Waals surface area contributed by atoms with Crippen molar-refractivity contribution in [3.8, 4) is 0 Å². The zero-order valence-corrected chi connectivity index (χ0v) is 17.5. The highest BCUT2D eigenvalue weighted by Crippen LogP contribution is 2.27. The van der Waals surface area contributed by atoms with E-state index in [1.807, 2.05) is 0 Å². The first-order valence-electron chi connectivity index (χ1n) is 9.24. The number of amides is 1. The fourth-order valence-corrected chi connectivity index (χ4v) is 5.03. The Kier molecular flexibility index (Phi) is 6.89. The molecule has 0 aliphatic carbocycles. The lowest BCUT2D eigenvalue weighted by molar-refractivity contribution is 0.0729. The van der Waals surface area contributed by atoms with Gasteiger partial charge in [-0.05, 0) is 42.8 Å². The fourth-order valence-electron chi connectivity index (χ4n) is 3.13. The molecule has 0 aromatic heterocycles. The first-order valence-corrected chi connectivity index (χ1v) is 11.1. The van der Waals surface area contributed by atoms with Crippen LogP contribution in [-0.2, 0) is 21.3 Å². The van der Waals surface area contributed by atoms with E-state index in [0.717, 1.165) is 0 Å². The lowest BCUT2D eigenvalue weighted by Crippen LogP contribution is -2.40. The van der Waals surface area contributed by atoms with E-state index in [1.54, 1.807) is 19.1 Å². The summed E-state index contributed by atoms with van der Waals surface area (Å²) in [7, 11) is -3.84. The number of sulfonamides is 1. The number of carbonyl (C=O) groups excluding carboxylic acids is 1. The molecule has 1 aliphatic rings. The van der Waals surface area contributed by atoms with Gasteiger partial charge in [0.05, 0.1) is 18.2 Å². The SMILES string of the molecule is CCN(Cc1cccc(F)c1)C(=O)c1ccc(Cl)c(S(=O)(=O)N2CCOCC2)c1. The number of nitrogens with zero attached hydrogens (tertiary/aromatic N) is 2. The average Bonchev–Trinajstić information content (AvgIpc) is 2.72. The van der Waals surface area contributed by atoms with Gasteiger partial charge in [0.1, 0.15) is 10.7 Å². The summed E-state index contributed by atoms with van der Waals surface area (Å²) < 4.78 is 45.9. The van der Waals surface area contributed by atoms with Gasteiger partial charge >= 0.3 is 0 Å². The normalized spacial score (nSPS) is 15.3. The second-order valence-corrected chi connectivity index (χ2v) is 8.92. The number of benzene rings is 2. The molecule has 0 N–H and O–H groups in total. The van der Waals surface area contributed by atoms with Crippen LogP contribution in [0, 0.1) is 5.82 Å². The molecule has 6 nitrogen and oxygen atoms in total. The molecule has 0 spiro atoms. The van der Waals surface area contributed by atoms with Crippen molar-refractivity contribution in [3.63, 3.8) is 0 Å². The van der Waals surface area contributed by atoms with E-state index in [-0.39, 0.29) is 46.8 Å².